The summed E-state index contributed by atoms with van der Waals surface area (Å²) in [5.74, 6) is 0. The van der Waals surface area contributed by atoms with Gasteiger partial charge in [-0.3, -0.25) is 4.84 Å². The van der Waals surface area contributed by atoms with E-state index in [0.717, 1.165) is 17.7 Å². The summed E-state index contributed by atoms with van der Waals surface area (Å²) < 4.78 is 37.6. The summed E-state index contributed by atoms with van der Waals surface area (Å²) in [5, 5.41) is 0. The van der Waals surface area contributed by atoms with Gasteiger partial charge in [-0.2, -0.15) is 18.7 Å². The van der Waals surface area contributed by atoms with Crippen LogP contribution in [0.2, 0.25) is 0 Å². The third-order valence-electron chi connectivity index (χ3n) is 2.71. The third-order valence-corrected chi connectivity index (χ3v) is 2.71. The van der Waals surface area contributed by atoms with E-state index in [1.54, 1.807) is 6.07 Å². The van der Waals surface area contributed by atoms with E-state index in [0.29, 0.717) is 12.2 Å². The second kappa shape index (κ2) is 6.54. The van der Waals surface area contributed by atoms with Gasteiger partial charge in [-0.1, -0.05) is 48.5 Å². The zero-order chi connectivity index (χ0) is 14.4. The van der Waals surface area contributed by atoms with E-state index in [9.17, 15) is 13.2 Å². The van der Waals surface area contributed by atoms with Crippen molar-refractivity contribution in [2.24, 2.45) is 0 Å². The van der Waals surface area contributed by atoms with Crippen LogP contribution in [0, 0.1) is 0 Å². The van der Waals surface area contributed by atoms with Crippen LogP contribution < -0.4 is 5.48 Å². The van der Waals surface area contributed by atoms with Crippen molar-refractivity contribution in [1.82, 2.24) is 5.48 Å². The van der Waals surface area contributed by atoms with Crippen LogP contribution in [0.5, 0.6) is 0 Å². The molecular weight excluding hydrogens is 267 g/mol. The van der Waals surface area contributed by atoms with E-state index >= 15 is 0 Å². The van der Waals surface area contributed by atoms with Crippen molar-refractivity contribution in [3.8, 4) is 0 Å². The van der Waals surface area contributed by atoms with E-state index in [4.69, 9.17) is 4.84 Å². The van der Waals surface area contributed by atoms with Crippen molar-refractivity contribution in [3.05, 3.63) is 71.3 Å². The highest BCUT2D eigenvalue weighted by Gasteiger charge is 2.30. The van der Waals surface area contributed by atoms with Crippen LogP contribution in [0.1, 0.15) is 16.7 Å². The minimum atomic E-state index is -4.32. The van der Waals surface area contributed by atoms with E-state index in [1.165, 1.54) is 6.07 Å². The summed E-state index contributed by atoms with van der Waals surface area (Å²) in [7, 11) is 0. The number of hydrogen-bond donors (Lipinski definition) is 1. The molecule has 0 amide bonds. The Balaban J connectivity index is 1.83. The van der Waals surface area contributed by atoms with Gasteiger partial charge in [-0.05, 0) is 17.2 Å². The zero-order valence-electron chi connectivity index (χ0n) is 10.7. The van der Waals surface area contributed by atoms with Crippen LogP contribution in [0.25, 0.3) is 0 Å². The highest BCUT2D eigenvalue weighted by Crippen LogP contribution is 2.29. The maximum atomic E-state index is 12.5. The Morgan fingerprint density at radius 3 is 2.30 bits per heavy atom. The number of rotatable bonds is 5. The first kappa shape index (κ1) is 14.6. The Bertz CT molecular complexity index is 540. The van der Waals surface area contributed by atoms with Crippen molar-refractivity contribution >= 4 is 0 Å². The second-order valence-electron chi connectivity index (χ2n) is 4.29. The quantitative estimate of drug-likeness (QED) is 0.662. The second-order valence-corrected chi connectivity index (χ2v) is 4.29. The van der Waals surface area contributed by atoms with Crippen LogP contribution in [0.3, 0.4) is 0 Å². The molecule has 106 valence electrons. The first-order valence-corrected chi connectivity index (χ1v) is 6.10. The lowest BCUT2D eigenvalue weighted by atomic mass is 10.1. The molecule has 0 aliphatic rings. The number of hydroxylamine groups is 1. The Morgan fingerprint density at radius 2 is 1.60 bits per heavy atom. The molecule has 0 bridgehead atoms. The summed E-state index contributed by atoms with van der Waals surface area (Å²) in [4.78, 5) is 5.22. The molecule has 5 heteroatoms. The van der Waals surface area contributed by atoms with E-state index < -0.39 is 11.7 Å². The van der Waals surface area contributed by atoms with Crippen LogP contribution in [0.15, 0.2) is 54.6 Å². The van der Waals surface area contributed by atoms with E-state index in [-0.39, 0.29) is 6.54 Å². The largest absolute Gasteiger partial charge is 0.416 e. The standard InChI is InChI=1S/C15H14F3NO/c16-15(17,18)14-8-4-7-13(9-14)10-19-20-11-12-5-2-1-3-6-12/h1-9,19H,10-11H2. The van der Waals surface area contributed by atoms with Crippen LogP contribution >= 0.6 is 0 Å². The number of hydrogen-bond acceptors (Lipinski definition) is 2. The Morgan fingerprint density at radius 1 is 0.900 bits per heavy atom. The van der Waals surface area contributed by atoms with Gasteiger partial charge in [0.2, 0.25) is 0 Å². The minimum Gasteiger partial charge on any atom is -0.297 e. The van der Waals surface area contributed by atoms with Gasteiger partial charge in [0.05, 0.1) is 12.2 Å². The molecule has 2 aromatic carbocycles. The topological polar surface area (TPSA) is 21.3 Å². The summed E-state index contributed by atoms with van der Waals surface area (Å²) >= 11 is 0. The maximum Gasteiger partial charge on any atom is 0.416 e. The molecule has 0 aromatic heterocycles. The monoisotopic (exact) mass is 281 g/mol. The zero-order valence-corrected chi connectivity index (χ0v) is 10.7. The van der Waals surface area contributed by atoms with Crippen LogP contribution in [0.4, 0.5) is 13.2 Å². The lowest BCUT2D eigenvalue weighted by molar-refractivity contribution is -0.137. The first-order chi connectivity index (χ1) is 9.55. The smallest absolute Gasteiger partial charge is 0.297 e. The SMILES string of the molecule is FC(F)(F)c1cccc(CNOCc2ccccc2)c1. The highest BCUT2D eigenvalue weighted by molar-refractivity contribution is 5.25. The van der Waals surface area contributed by atoms with Gasteiger partial charge in [0.1, 0.15) is 0 Å². The van der Waals surface area contributed by atoms with Gasteiger partial charge in [-0.15, -0.1) is 0 Å². The third kappa shape index (κ3) is 4.36. The predicted molar refractivity (Wildman–Crippen MR) is 69.5 cm³/mol. The van der Waals surface area contributed by atoms with Crippen molar-refractivity contribution < 1.29 is 18.0 Å². The van der Waals surface area contributed by atoms with E-state index in [2.05, 4.69) is 5.48 Å². The molecule has 0 heterocycles. The number of alkyl halides is 3. The molecule has 0 aliphatic carbocycles. The van der Waals surface area contributed by atoms with Crippen molar-refractivity contribution in [2.75, 3.05) is 0 Å². The fourth-order valence-corrected chi connectivity index (χ4v) is 1.70. The molecule has 0 radical (unpaired) electrons. The molecular formula is C15H14F3NO. The molecule has 2 nitrogen and oxygen atoms in total. The Hall–Kier alpha value is -1.85. The van der Waals surface area contributed by atoms with Gasteiger partial charge in [0.25, 0.3) is 0 Å². The number of halogens is 3. The predicted octanol–water partition coefficient (Wildman–Crippen LogP) is 3.93. The average Bonchev–Trinajstić information content (AvgIpc) is 2.44. The van der Waals surface area contributed by atoms with Gasteiger partial charge in [0.15, 0.2) is 0 Å². The first-order valence-electron chi connectivity index (χ1n) is 6.10. The molecule has 0 fully saturated rings. The van der Waals surface area contributed by atoms with Gasteiger partial charge < -0.3 is 0 Å². The van der Waals surface area contributed by atoms with Crippen molar-refractivity contribution in [1.29, 1.82) is 0 Å². The molecule has 2 rings (SSSR count). The van der Waals surface area contributed by atoms with Gasteiger partial charge in [0, 0.05) is 6.54 Å². The lowest BCUT2D eigenvalue weighted by Gasteiger charge is -2.09. The molecule has 1 N–H and O–H groups in total. The van der Waals surface area contributed by atoms with Crippen molar-refractivity contribution in [2.45, 2.75) is 19.3 Å². The van der Waals surface area contributed by atoms with Gasteiger partial charge >= 0.3 is 6.18 Å². The molecule has 0 saturated carbocycles. The fraction of sp³-hybridized carbons (Fsp3) is 0.200. The molecule has 0 atom stereocenters. The van der Waals surface area contributed by atoms with Crippen LogP contribution in [-0.4, -0.2) is 0 Å². The average molecular weight is 281 g/mol. The van der Waals surface area contributed by atoms with Crippen molar-refractivity contribution in [3.63, 3.8) is 0 Å². The summed E-state index contributed by atoms with van der Waals surface area (Å²) in [5.41, 5.74) is 3.52. The molecule has 0 aliphatic heterocycles. The normalized spacial score (nSPS) is 11.6. The summed E-state index contributed by atoms with van der Waals surface area (Å²) in [6, 6.07) is 14.7. The molecule has 0 unspecified atom stereocenters. The lowest BCUT2D eigenvalue weighted by Crippen LogP contribution is -2.14. The fourth-order valence-electron chi connectivity index (χ4n) is 1.70. The van der Waals surface area contributed by atoms with E-state index in [1.807, 2.05) is 30.3 Å². The summed E-state index contributed by atoms with van der Waals surface area (Å²) in [6.45, 7) is 0.580. The van der Waals surface area contributed by atoms with Crippen LogP contribution in [-0.2, 0) is 24.2 Å². The maximum absolute atomic E-state index is 12.5. The minimum absolute atomic E-state index is 0.219. The molecule has 0 spiro atoms. The summed E-state index contributed by atoms with van der Waals surface area (Å²) in [6.07, 6.45) is -4.32. The molecule has 0 saturated heterocycles. The molecule has 20 heavy (non-hydrogen) atoms. The number of benzene rings is 2. The highest BCUT2D eigenvalue weighted by atomic mass is 19.4. The Kier molecular flexibility index (Phi) is 4.76. The Labute approximate surface area is 115 Å². The van der Waals surface area contributed by atoms with Gasteiger partial charge in [-0.25, -0.2) is 0 Å². The number of nitrogens with one attached hydrogen (secondary N) is 1. The molecule has 2 aromatic rings.